The molecule has 4 aromatic rings. The minimum atomic E-state index is -4.69. The molecule has 0 aliphatic heterocycles. The van der Waals surface area contributed by atoms with Gasteiger partial charge in [0.1, 0.15) is 0 Å². The second kappa shape index (κ2) is 8.14. The van der Waals surface area contributed by atoms with E-state index in [4.69, 9.17) is 0 Å². The number of nitrogens with zero attached hydrogens (tertiary/aromatic N) is 4. The van der Waals surface area contributed by atoms with Crippen molar-refractivity contribution < 1.29 is 18.0 Å². The van der Waals surface area contributed by atoms with E-state index in [1.807, 2.05) is 30.3 Å². The lowest BCUT2D eigenvalue weighted by atomic mass is 10.1. The smallest absolute Gasteiger partial charge is 0.336 e. The fourth-order valence-electron chi connectivity index (χ4n) is 3.20. The molecule has 0 radical (unpaired) electrons. The number of aromatic nitrogens is 3. The minimum Gasteiger partial charge on any atom is -0.336 e. The Bertz CT molecular complexity index is 1240. The lowest BCUT2D eigenvalue weighted by molar-refractivity contribution is -0.142. The minimum absolute atomic E-state index is 0.0786. The van der Waals surface area contributed by atoms with Crippen molar-refractivity contribution in [2.24, 2.45) is 0 Å². The summed E-state index contributed by atoms with van der Waals surface area (Å²) in [5.74, 6) is -0.518. The Labute approximate surface area is 184 Å². The van der Waals surface area contributed by atoms with Crippen LogP contribution in [0.25, 0.3) is 16.9 Å². The highest BCUT2D eigenvalue weighted by molar-refractivity contribution is 9.10. The van der Waals surface area contributed by atoms with E-state index < -0.39 is 17.8 Å². The van der Waals surface area contributed by atoms with Crippen LogP contribution in [-0.4, -0.2) is 32.5 Å². The van der Waals surface area contributed by atoms with Crippen LogP contribution in [0.3, 0.4) is 0 Å². The normalized spacial score (nSPS) is 11.6. The second-order valence-corrected chi connectivity index (χ2v) is 7.73. The number of rotatable bonds is 4. The fourth-order valence-corrected chi connectivity index (χ4v) is 3.70. The molecular formula is C22H16BrF3N4O. The molecule has 31 heavy (non-hydrogen) atoms. The summed E-state index contributed by atoms with van der Waals surface area (Å²) in [6, 6.07) is 18.7. The van der Waals surface area contributed by atoms with Gasteiger partial charge in [0.2, 0.25) is 0 Å². The van der Waals surface area contributed by atoms with Crippen molar-refractivity contribution in [1.29, 1.82) is 0 Å². The molecule has 9 heteroatoms. The van der Waals surface area contributed by atoms with Crippen LogP contribution in [0.5, 0.6) is 0 Å². The number of amides is 1. The Morgan fingerprint density at radius 3 is 2.29 bits per heavy atom. The maximum Gasteiger partial charge on any atom is 0.433 e. The highest BCUT2D eigenvalue weighted by Crippen LogP contribution is 2.34. The van der Waals surface area contributed by atoms with E-state index in [1.54, 1.807) is 37.4 Å². The van der Waals surface area contributed by atoms with Crippen molar-refractivity contribution in [2.75, 3.05) is 7.05 Å². The zero-order valence-corrected chi connectivity index (χ0v) is 17.9. The Hall–Kier alpha value is -3.20. The van der Waals surface area contributed by atoms with Gasteiger partial charge in [-0.2, -0.15) is 18.3 Å². The van der Waals surface area contributed by atoms with Gasteiger partial charge in [-0.15, -0.1) is 0 Å². The Morgan fingerprint density at radius 1 is 1.06 bits per heavy atom. The molecule has 0 aliphatic carbocycles. The van der Waals surface area contributed by atoms with Crippen LogP contribution < -0.4 is 0 Å². The summed E-state index contributed by atoms with van der Waals surface area (Å²) >= 11 is 3.25. The van der Waals surface area contributed by atoms with Crippen LogP contribution in [0.1, 0.15) is 21.7 Å². The van der Waals surface area contributed by atoms with Crippen LogP contribution in [0.4, 0.5) is 13.2 Å². The molecule has 158 valence electrons. The number of halogens is 4. The van der Waals surface area contributed by atoms with Crippen LogP contribution in [0.2, 0.25) is 0 Å². The van der Waals surface area contributed by atoms with Gasteiger partial charge in [0.25, 0.3) is 5.91 Å². The van der Waals surface area contributed by atoms with Crippen molar-refractivity contribution in [3.8, 4) is 11.3 Å². The third-order valence-electron chi connectivity index (χ3n) is 4.70. The van der Waals surface area contributed by atoms with E-state index in [9.17, 15) is 18.0 Å². The van der Waals surface area contributed by atoms with Gasteiger partial charge in [0.05, 0.1) is 10.2 Å². The van der Waals surface area contributed by atoms with Gasteiger partial charge in [0, 0.05) is 19.2 Å². The molecule has 0 N–H and O–H groups in total. The zero-order chi connectivity index (χ0) is 22.2. The Morgan fingerprint density at radius 2 is 1.68 bits per heavy atom. The van der Waals surface area contributed by atoms with Crippen molar-refractivity contribution in [3.63, 3.8) is 0 Å². The fraction of sp³-hybridized carbons (Fsp3) is 0.136. The highest BCUT2D eigenvalue weighted by atomic mass is 79.9. The molecule has 2 aromatic carbocycles. The molecule has 0 aliphatic rings. The van der Waals surface area contributed by atoms with Gasteiger partial charge in [-0.25, -0.2) is 9.50 Å². The molecule has 0 fully saturated rings. The summed E-state index contributed by atoms with van der Waals surface area (Å²) in [7, 11) is 1.57. The van der Waals surface area contributed by atoms with Gasteiger partial charge >= 0.3 is 6.18 Å². The number of fused-ring (bicyclic) bond motifs is 1. The van der Waals surface area contributed by atoms with Crippen LogP contribution in [0.15, 0.2) is 71.2 Å². The monoisotopic (exact) mass is 488 g/mol. The number of benzene rings is 2. The van der Waals surface area contributed by atoms with E-state index in [0.717, 1.165) is 11.6 Å². The Balaban J connectivity index is 1.81. The third kappa shape index (κ3) is 4.18. The first-order valence-electron chi connectivity index (χ1n) is 9.27. The standard InChI is InChI=1S/C22H16BrF3N4O/c1-29(13-14-8-4-2-5-9-14)21(31)19-18(23)20-27-16(15-10-6-3-7-11-15)12-17(22(24,25)26)30(20)28-19/h2-12H,13H2,1H3. The van der Waals surface area contributed by atoms with Gasteiger partial charge in [-0.1, -0.05) is 60.7 Å². The quantitative estimate of drug-likeness (QED) is 0.383. The first kappa shape index (κ1) is 21.0. The molecule has 4 rings (SSSR count). The molecule has 0 saturated heterocycles. The van der Waals surface area contributed by atoms with Crippen molar-refractivity contribution in [3.05, 3.63) is 88.2 Å². The van der Waals surface area contributed by atoms with Crippen molar-refractivity contribution in [2.45, 2.75) is 12.7 Å². The number of alkyl halides is 3. The molecule has 0 spiro atoms. The van der Waals surface area contributed by atoms with Crippen molar-refractivity contribution >= 4 is 27.5 Å². The molecule has 2 heterocycles. The lowest BCUT2D eigenvalue weighted by Crippen LogP contribution is -2.27. The SMILES string of the molecule is CN(Cc1ccccc1)C(=O)c1nn2c(C(F)(F)F)cc(-c3ccccc3)nc2c1Br. The predicted octanol–water partition coefficient (Wildman–Crippen LogP) is 5.45. The van der Waals surface area contributed by atoms with E-state index in [0.29, 0.717) is 10.1 Å². The van der Waals surface area contributed by atoms with Crippen LogP contribution >= 0.6 is 15.9 Å². The van der Waals surface area contributed by atoms with Gasteiger partial charge < -0.3 is 4.90 Å². The van der Waals surface area contributed by atoms with E-state index in [-0.39, 0.29) is 28.1 Å². The lowest BCUT2D eigenvalue weighted by Gasteiger charge is -2.16. The second-order valence-electron chi connectivity index (χ2n) is 6.94. The third-order valence-corrected chi connectivity index (χ3v) is 5.43. The first-order chi connectivity index (χ1) is 14.8. The van der Waals surface area contributed by atoms with E-state index in [2.05, 4.69) is 26.0 Å². The van der Waals surface area contributed by atoms with Gasteiger partial charge in [-0.3, -0.25) is 4.79 Å². The number of hydrogen-bond acceptors (Lipinski definition) is 3. The zero-order valence-electron chi connectivity index (χ0n) is 16.3. The first-order valence-corrected chi connectivity index (χ1v) is 10.1. The molecule has 0 atom stereocenters. The largest absolute Gasteiger partial charge is 0.433 e. The van der Waals surface area contributed by atoms with Gasteiger partial charge in [0.15, 0.2) is 17.0 Å². The maximum atomic E-state index is 13.8. The molecule has 2 aromatic heterocycles. The van der Waals surface area contributed by atoms with Crippen molar-refractivity contribution in [1.82, 2.24) is 19.5 Å². The van der Waals surface area contributed by atoms with E-state index >= 15 is 0 Å². The van der Waals surface area contributed by atoms with Gasteiger partial charge in [-0.05, 0) is 27.6 Å². The van der Waals surface area contributed by atoms with E-state index in [1.165, 1.54) is 4.90 Å². The summed E-state index contributed by atoms with van der Waals surface area (Å²) in [6.45, 7) is 0.287. The highest BCUT2D eigenvalue weighted by Gasteiger charge is 2.37. The molecule has 1 amide bonds. The topological polar surface area (TPSA) is 50.5 Å². The average molecular weight is 489 g/mol. The Kier molecular flexibility index (Phi) is 5.53. The summed E-state index contributed by atoms with van der Waals surface area (Å²) in [6.07, 6.45) is -4.69. The van der Waals surface area contributed by atoms with Crippen LogP contribution in [-0.2, 0) is 12.7 Å². The molecule has 0 saturated carbocycles. The number of hydrogen-bond donors (Lipinski definition) is 0. The maximum absolute atomic E-state index is 13.8. The summed E-state index contributed by atoms with van der Waals surface area (Å²) in [5, 5.41) is 3.97. The molecule has 0 bridgehead atoms. The molecular weight excluding hydrogens is 473 g/mol. The van der Waals surface area contributed by atoms with Crippen LogP contribution in [0, 0.1) is 0 Å². The predicted molar refractivity (Wildman–Crippen MR) is 113 cm³/mol. The molecule has 5 nitrogen and oxygen atoms in total. The number of carbonyl (C=O) groups excluding carboxylic acids is 1. The average Bonchev–Trinajstić information content (AvgIpc) is 3.09. The summed E-state index contributed by atoms with van der Waals surface area (Å²) in [5.41, 5.74) is 0.322. The molecule has 0 unspecified atom stereocenters. The number of carbonyl (C=O) groups is 1. The summed E-state index contributed by atoms with van der Waals surface area (Å²) in [4.78, 5) is 18.7. The summed E-state index contributed by atoms with van der Waals surface area (Å²) < 4.78 is 42.2.